The number of hydrogen-bond acceptors (Lipinski definition) is 4. The summed E-state index contributed by atoms with van der Waals surface area (Å²) in [6, 6.07) is 7.79. The summed E-state index contributed by atoms with van der Waals surface area (Å²) >= 11 is 0. The number of ether oxygens (including phenoxy) is 2. The van der Waals surface area contributed by atoms with Crippen LogP contribution in [0.25, 0.3) is 0 Å². The summed E-state index contributed by atoms with van der Waals surface area (Å²) in [4.78, 5) is 11.4. The quantitative estimate of drug-likeness (QED) is 0.598. The molecule has 21 heavy (non-hydrogen) atoms. The fourth-order valence-electron chi connectivity index (χ4n) is 1.56. The highest BCUT2D eigenvalue weighted by molar-refractivity contribution is 5.66. The Balaban J connectivity index is 2.28. The predicted molar refractivity (Wildman–Crippen MR) is 83.1 cm³/mol. The fraction of sp³-hybridized carbons (Fsp3) is 0.562. The monoisotopic (exact) mass is 294 g/mol. The second-order valence-electron chi connectivity index (χ2n) is 5.83. The topological polar surface area (TPSA) is 59.6 Å². The molecule has 5 nitrogen and oxygen atoms in total. The molecular weight excluding hydrogens is 268 g/mol. The Hall–Kier alpha value is -1.75. The second-order valence-corrected chi connectivity index (χ2v) is 5.83. The minimum atomic E-state index is -0.497. The van der Waals surface area contributed by atoms with E-state index in [9.17, 15) is 4.79 Å². The van der Waals surface area contributed by atoms with Crippen LogP contribution in [0, 0.1) is 0 Å². The summed E-state index contributed by atoms with van der Waals surface area (Å²) in [7, 11) is 0. The van der Waals surface area contributed by atoms with Gasteiger partial charge in [0.25, 0.3) is 0 Å². The van der Waals surface area contributed by atoms with Gasteiger partial charge >= 0.3 is 6.09 Å². The SMILES string of the molecule is CCCCOc1ccc(CNNC(=O)OC(C)(C)C)cc1. The van der Waals surface area contributed by atoms with Gasteiger partial charge in [-0.15, -0.1) is 0 Å². The molecule has 0 heterocycles. The van der Waals surface area contributed by atoms with E-state index in [-0.39, 0.29) is 0 Å². The second kappa shape index (κ2) is 8.52. The number of carbonyl (C=O) groups is 1. The molecule has 2 N–H and O–H groups in total. The maximum absolute atomic E-state index is 11.4. The van der Waals surface area contributed by atoms with Gasteiger partial charge in [0.1, 0.15) is 11.4 Å². The van der Waals surface area contributed by atoms with Crippen molar-refractivity contribution in [1.82, 2.24) is 10.9 Å². The normalized spacial score (nSPS) is 11.0. The molecule has 5 heteroatoms. The summed E-state index contributed by atoms with van der Waals surface area (Å²) in [6.07, 6.45) is 1.70. The molecule has 0 bridgehead atoms. The third-order valence-corrected chi connectivity index (χ3v) is 2.57. The van der Waals surface area contributed by atoms with Gasteiger partial charge in [-0.3, -0.25) is 5.43 Å². The molecule has 0 atom stereocenters. The molecule has 0 aliphatic heterocycles. The Morgan fingerprint density at radius 2 is 1.86 bits per heavy atom. The van der Waals surface area contributed by atoms with Crippen LogP contribution in [0.4, 0.5) is 4.79 Å². The van der Waals surface area contributed by atoms with Gasteiger partial charge in [-0.1, -0.05) is 25.5 Å². The average Bonchev–Trinajstić information content (AvgIpc) is 2.39. The van der Waals surface area contributed by atoms with Crippen LogP contribution < -0.4 is 15.6 Å². The number of hydrazine groups is 1. The van der Waals surface area contributed by atoms with Crippen LogP contribution in [0.2, 0.25) is 0 Å². The van der Waals surface area contributed by atoms with Gasteiger partial charge in [-0.2, -0.15) is 0 Å². The Morgan fingerprint density at radius 3 is 2.43 bits per heavy atom. The van der Waals surface area contributed by atoms with Gasteiger partial charge in [0.15, 0.2) is 0 Å². The molecule has 118 valence electrons. The van der Waals surface area contributed by atoms with E-state index in [2.05, 4.69) is 17.8 Å². The fourth-order valence-corrected chi connectivity index (χ4v) is 1.56. The first-order valence-corrected chi connectivity index (χ1v) is 7.34. The van der Waals surface area contributed by atoms with Crippen molar-refractivity contribution in [3.63, 3.8) is 0 Å². The zero-order valence-corrected chi connectivity index (χ0v) is 13.4. The zero-order chi connectivity index (χ0) is 15.7. The van der Waals surface area contributed by atoms with Crippen molar-refractivity contribution in [3.05, 3.63) is 29.8 Å². The van der Waals surface area contributed by atoms with Crippen molar-refractivity contribution in [1.29, 1.82) is 0 Å². The molecule has 0 aliphatic carbocycles. The first kappa shape index (κ1) is 17.3. The van der Waals surface area contributed by atoms with Crippen LogP contribution in [-0.4, -0.2) is 18.3 Å². The third kappa shape index (κ3) is 8.19. The number of unbranched alkanes of at least 4 members (excludes halogenated alkanes) is 1. The third-order valence-electron chi connectivity index (χ3n) is 2.57. The van der Waals surface area contributed by atoms with Crippen LogP contribution in [0.3, 0.4) is 0 Å². The van der Waals surface area contributed by atoms with Gasteiger partial charge < -0.3 is 9.47 Å². The van der Waals surface area contributed by atoms with Gasteiger partial charge in [0.2, 0.25) is 0 Å². The van der Waals surface area contributed by atoms with E-state index in [1.165, 1.54) is 0 Å². The smallest absolute Gasteiger partial charge is 0.422 e. The molecule has 1 aromatic rings. The van der Waals surface area contributed by atoms with Crippen LogP contribution >= 0.6 is 0 Å². The summed E-state index contributed by atoms with van der Waals surface area (Å²) in [6.45, 7) is 8.87. The van der Waals surface area contributed by atoms with Crippen LogP contribution in [0.15, 0.2) is 24.3 Å². The standard InChI is InChI=1S/C16H26N2O3/c1-5-6-11-20-14-9-7-13(8-10-14)12-17-18-15(19)21-16(2,3)4/h7-10,17H,5-6,11-12H2,1-4H3,(H,18,19). The highest BCUT2D eigenvalue weighted by atomic mass is 16.6. The van der Waals surface area contributed by atoms with Gasteiger partial charge in [0, 0.05) is 6.54 Å². The number of nitrogens with one attached hydrogen (secondary N) is 2. The van der Waals surface area contributed by atoms with E-state index in [0.717, 1.165) is 30.8 Å². The maximum Gasteiger partial charge on any atom is 0.422 e. The van der Waals surface area contributed by atoms with E-state index >= 15 is 0 Å². The molecule has 0 aliphatic rings. The number of amides is 1. The predicted octanol–water partition coefficient (Wildman–Crippen LogP) is 3.39. The lowest BCUT2D eigenvalue weighted by Gasteiger charge is -2.19. The molecule has 0 spiro atoms. The first-order chi connectivity index (χ1) is 9.90. The van der Waals surface area contributed by atoms with Gasteiger partial charge in [-0.05, 0) is 44.9 Å². The van der Waals surface area contributed by atoms with E-state index in [0.29, 0.717) is 6.54 Å². The molecule has 0 fully saturated rings. The van der Waals surface area contributed by atoms with Crippen molar-refractivity contribution in [2.24, 2.45) is 0 Å². The number of rotatable bonds is 7. The summed E-state index contributed by atoms with van der Waals surface area (Å²) in [5.74, 6) is 0.868. The van der Waals surface area contributed by atoms with E-state index < -0.39 is 11.7 Å². The lowest BCUT2D eigenvalue weighted by Crippen LogP contribution is -2.40. The Kier molecular flexibility index (Phi) is 7.02. The van der Waals surface area contributed by atoms with Crippen molar-refractivity contribution in [2.75, 3.05) is 6.61 Å². The largest absolute Gasteiger partial charge is 0.494 e. The van der Waals surface area contributed by atoms with Crippen molar-refractivity contribution >= 4 is 6.09 Å². The van der Waals surface area contributed by atoms with Crippen LogP contribution in [0.1, 0.15) is 46.1 Å². The van der Waals surface area contributed by atoms with Crippen molar-refractivity contribution in [2.45, 2.75) is 52.7 Å². The summed E-state index contributed by atoms with van der Waals surface area (Å²) in [5.41, 5.74) is 5.89. The molecule has 0 radical (unpaired) electrons. The molecule has 1 amide bonds. The van der Waals surface area contributed by atoms with Gasteiger partial charge in [-0.25, -0.2) is 10.2 Å². The highest BCUT2D eigenvalue weighted by Crippen LogP contribution is 2.12. The van der Waals surface area contributed by atoms with E-state index in [1.807, 2.05) is 45.0 Å². The first-order valence-electron chi connectivity index (χ1n) is 7.34. The summed E-state index contributed by atoms with van der Waals surface area (Å²) < 4.78 is 10.7. The molecule has 0 saturated heterocycles. The van der Waals surface area contributed by atoms with Crippen molar-refractivity contribution in [3.8, 4) is 5.75 Å². The molecule has 0 aromatic heterocycles. The lowest BCUT2D eigenvalue weighted by atomic mass is 10.2. The highest BCUT2D eigenvalue weighted by Gasteiger charge is 2.15. The van der Waals surface area contributed by atoms with Crippen molar-refractivity contribution < 1.29 is 14.3 Å². The lowest BCUT2D eigenvalue weighted by molar-refractivity contribution is 0.0497. The molecular formula is C16H26N2O3. The Labute approximate surface area is 127 Å². The number of carbonyl (C=O) groups excluding carboxylic acids is 1. The molecule has 1 rings (SSSR count). The summed E-state index contributed by atoms with van der Waals surface area (Å²) in [5, 5.41) is 0. The van der Waals surface area contributed by atoms with Crippen LogP contribution in [0.5, 0.6) is 5.75 Å². The minimum absolute atomic E-state index is 0.484. The minimum Gasteiger partial charge on any atom is -0.494 e. The van der Waals surface area contributed by atoms with Gasteiger partial charge in [0.05, 0.1) is 6.61 Å². The molecule has 0 unspecified atom stereocenters. The Bertz CT molecular complexity index is 424. The maximum atomic E-state index is 11.4. The number of hydrogen-bond donors (Lipinski definition) is 2. The van der Waals surface area contributed by atoms with E-state index in [1.54, 1.807) is 0 Å². The molecule has 1 aromatic carbocycles. The number of benzene rings is 1. The van der Waals surface area contributed by atoms with Crippen LogP contribution in [-0.2, 0) is 11.3 Å². The zero-order valence-electron chi connectivity index (χ0n) is 13.4. The average molecular weight is 294 g/mol. The molecule has 0 saturated carbocycles. The Morgan fingerprint density at radius 1 is 1.19 bits per heavy atom. The van der Waals surface area contributed by atoms with E-state index in [4.69, 9.17) is 9.47 Å².